The van der Waals surface area contributed by atoms with Gasteiger partial charge in [-0.1, -0.05) is 270 Å². The molecule has 19 aromatic rings. The van der Waals surface area contributed by atoms with Gasteiger partial charge >= 0.3 is 0 Å². The fourth-order valence-electron chi connectivity index (χ4n) is 17.7. The SMILES string of the molecule is CC1(C)c2ccccc2-c2ccc(-n3c4ccccc4c4ccc(-c5ccc6c(c5)c5cc(-c7ccc8c9ccccc9n(-c9ccc%10c(c9)C(C)(C)c9ccccc9-%10)c8c7)ccc5n6-c5ccc(-c6nc(-c7ccc(-c8ccccc8)cc7)cc(-c7ccc(-c8ccccc8)cc7)n6)cc5)cc43)cc21. The minimum atomic E-state index is -0.137. The van der Waals surface area contributed by atoms with Crippen molar-refractivity contribution in [3.63, 3.8) is 0 Å². The van der Waals surface area contributed by atoms with E-state index in [1.165, 1.54) is 110 Å². The third-order valence-corrected chi connectivity index (χ3v) is 23.1. The molecule has 0 N–H and O–H groups in total. The van der Waals surface area contributed by atoms with Crippen molar-refractivity contribution >= 4 is 65.4 Å². The van der Waals surface area contributed by atoms with E-state index in [2.05, 4.69) is 387 Å². The zero-order valence-corrected chi connectivity index (χ0v) is 58.6. The van der Waals surface area contributed by atoms with Crippen molar-refractivity contribution in [1.82, 2.24) is 23.7 Å². The topological polar surface area (TPSA) is 40.6 Å². The highest BCUT2D eigenvalue weighted by molar-refractivity contribution is 6.15. The van der Waals surface area contributed by atoms with Crippen molar-refractivity contribution in [1.29, 1.82) is 0 Å². The lowest BCUT2D eigenvalue weighted by atomic mass is 9.82. The van der Waals surface area contributed by atoms with Gasteiger partial charge in [0.1, 0.15) is 0 Å². The second-order valence-electron chi connectivity index (χ2n) is 29.7. The standard InChI is InChI=1S/C100H69N5/c1-99(2)86-27-15-11-23-76(86)78-51-47-74(59-88(78)99)104-92-29-17-13-25-80(92)82-49-41-71(57-96(82)104)69-43-53-94-84(55-69)85-56-70(72-42-50-83-81-26-14-18-30-93(81)105(97(83)58-72)75-48-52-79-77-24-12-16-28-87(77)100(3,4)89(79)60-75)44-54-95(85)103(94)73-45-39-68(40-46-73)98-101-90(66-35-31-64(32-36-66)62-19-7-5-8-20-62)61-91(102-98)67-37-33-65(34-38-67)63-21-9-6-10-22-63/h5-61H,1-4H3. The van der Waals surface area contributed by atoms with Crippen LogP contribution in [0.5, 0.6) is 0 Å². The first-order valence-corrected chi connectivity index (χ1v) is 36.5. The van der Waals surface area contributed by atoms with Crippen molar-refractivity contribution in [2.24, 2.45) is 0 Å². The maximum absolute atomic E-state index is 5.38. The molecule has 0 atom stereocenters. The number of hydrogen-bond acceptors (Lipinski definition) is 2. The van der Waals surface area contributed by atoms with Crippen LogP contribution in [0.1, 0.15) is 49.9 Å². The van der Waals surface area contributed by atoms with Crippen LogP contribution in [0.15, 0.2) is 346 Å². The summed E-state index contributed by atoms with van der Waals surface area (Å²) < 4.78 is 7.42. The zero-order chi connectivity index (χ0) is 69.8. The van der Waals surface area contributed by atoms with Gasteiger partial charge in [0, 0.05) is 76.9 Å². The average molecular weight is 1340 g/mol. The maximum Gasteiger partial charge on any atom is 0.160 e. The molecule has 0 unspecified atom stereocenters. The summed E-state index contributed by atoms with van der Waals surface area (Å²) in [5.74, 6) is 0.660. The molecular weight excluding hydrogens is 1270 g/mol. The number of rotatable bonds is 10. The largest absolute Gasteiger partial charge is 0.309 e. The normalized spacial score (nSPS) is 13.3. The lowest BCUT2D eigenvalue weighted by molar-refractivity contribution is 0.660. The number of aromatic nitrogens is 5. The molecule has 0 bridgehead atoms. The Morgan fingerprint density at radius 2 is 0.524 bits per heavy atom. The fraction of sp³-hybridized carbons (Fsp3) is 0.0600. The summed E-state index contributed by atoms with van der Waals surface area (Å²) in [6.45, 7) is 9.48. The molecule has 4 aromatic heterocycles. The van der Waals surface area contributed by atoms with Crippen molar-refractivity contribution in [3.8, 4) is 118 Å². The number of para-hydroxylation sites is 2. The minimum Gasteiger partial charge on any atom is -0.309 e. The van der Waals surface area contributed by atoms with Gasteiger partial charge in [0.15, 0.2) is 5.82 Å². The van der Waals surface area contributed by atoms with E-state index >= 15 is 0 Å². The van der Waals surface area contributed by atoms with E-state index < -0.39 is 0 Å². The second kappa shape index (κ2) is 23.2. The Balaban J connectivity index is 0.716. The molecule has 2 aliphatic rings. The predicted octanol–water partition coefficient (Wildman–Crippen LogP) is 26.0. The summed E-state index contributed by atoms with van der Waals surface area (Å²) in [5, 5.41) is 7.28. The van der Waals surface area contributed by atoms with Crippen molar-refractivity contribution < 1.29 is 0 Å². The van der Waals surface area contributed by atoms with Gasteiger partial charge in [-0.2, -0.15) is 0 Å². The Bertz CT molecular complexity index is 6400. The van der Waals surface area contributed by atoms with Gasteiger partial charge in [0.25, 0.3) is 0 Å². The van der Waals surface area contributed by atoms with Crippen LogP contribution in [0.2, 0.25) is 0 Å². The smallest absolute Gasteiger partial charge is 0.160 e. The van der Waals surface area contributed by atoms with E-state index in [1.807, 2.05) is 0 Å². The highest BCUT2D eigenvalue weighted by Crippen LogP contribution is 2.52. The Morgan fingerprint density at radius 3 is 0.990 bits per heavy atom. The first-order valence-electron chi connectivity index (χ1n) is 36.5. The fourth-order valence-corrected chi connectivity index (χ4v) is 17.7. The molecule has 0 aliphatic heterocycles. The summed E-state index contributed by atoms with van der Waals surface area (Å²) in [6.07, 6.45) is 0. The van der Waals surface area contributed by atoms with Gasteiger partial charge in [-0.25, -0.2) is 9.97 Å². The Hall–Kier alpha value is -13.2. The lowest BCUT2D eigenvalue weighted by Crippen LogP contribution is -2.15. The molecule has 0 fully saturated rings. The summed E-state index contributed by atoms with van der Waals surface area (Å²) in [6, 6.07) is 128. The third kappa shape index (κ3) is 9.48. The van der Waals surface area contributed by atoms with Crippen molar-refractivity contribution in [3.05, 3.63) is 368 Å². The molecule has 0 saturated heterocycles. The van der Waals surface area contributed by atoms with Crippen LogP contribution in [0.25, 0.3) is 183 Å². The Labute approximate surface area is 609 Å². The molecule has 5 heteroatoms. The van der Waals surface area contributed by atoms with E-state index in [4.69, 9.17) is 9.97 Å². The van der Waals surface area contributed by atoms with Gasteiger partial charge in [-0.15, -0.1) is 0 Å². The molecule has 21 rings (SSSR count). The zero-order valence-electron chi connectivity index (χ0n) is 58.6. The van der Waals surface area contributed by atoms with Gasteiger partial charge in [-0.3, -0.25) is 0 Å². The quantitative estimate of drug-likeness (QED) is 0.137. The molecular formula is C100H69N5. The van der Waals surface area contributed by atoms with Gasteiger partial charge < -0.3 is 13.7 Å². The maximum atomic E-state index is 5.38. The molecule has 5 nitrogen and oxygen atoms in total. The number of benzene rings is 15. The molecule has 0 spiro atoms. The molecule has 105 heavy (non-hydrogen) atoms. The number of fused-ring (bicyclic) bond motifs is 15. The average Bonchev–Trinajstić information content (AvgIpc) is 1.58. The van der Waals surface area contributed by atoms with E-state index in [0.29, 0.717) is 5.82 Å². The summed E-state index contributed by atoms with van der Waals surface area (Å²) in [7, 11) is 0. The molecule has 0 saturated carbocycles. The van der Waals surface area contributed by atoms with E-state index in [9.17, 15) is 0 Å². The molecule has 494 valence electrons. The second-order valence-corrected chi connectivity index (χ2v) is 29.7. The predicted molar refractivity (Wildman–Crippen MR) is 438 cm³/mol. The Morgan fingerprint density at radius 1 is 0.200 bits per heavy atom. The van der Waals surface area contributed by atoms with Crippen LogP contribution in [0.3, 0.4) is 0 Å². The van der Waals surface area contributed by atoms with Crippen LogP contribution < -0.4 is 0 Å². The highest BCUT2D eigenvalue weighted by atomic mass is 15.0. The van der Waals surface area contributed by atoms with Crippen LogP contribution in [-0.4, -0.2) is 23.7 Å². The summed E-state index contributed by atoms with van der Waals surface area (Å²) in [4.78, 5) is 10.8. The third-order valence-electron chi connectivity index (χ3n) is 23.1. The van der Waals surface area contributed by atoms with Crippen molar-refractivity contribution in [2.75, 3.05) is 0 Å². The first-order chi connectivity index (χ1) is 51.5. The monoisotopic (exact) mass is 1340 g/mol. The van der Waals surface area contributed by atoms with Crippen molar-refractivity contribution in [2.45, 2.75) is 38.5 Å². The molecule has 0 amide bonds. The molecule has 2 aliphatic carbocycles. The van der Waals surface area contributed by atoms with Crippen LogP contribution in [-0.2, 0) is 10.8 Å². The van der Waals surface area contributed by atoms with E-state index in [-0.39, 0.29) is 10.8 Å². The molecule has 4 heterocycles. The number of nitrogens with zero attached hydrogens (tertiary/aromatic N) is 5. The molecule has 15 aromatic carbocycles. The van der Waals surface area contributed by atoms with E-state index in [0.717, 1.165) is 89.6 Å². The Kier molecular flexibility index (Phi) is 13.3. The molecule has 0 radical (unpaired) electrons. The van der Waals surface area contributed by atoms with Crippen LogP contribution >= 0.6 is 0 Å². The number of hydrogen-bond donors (Lipinski definition) is 0. The first kappa shape index (κ1) is 60.5. The van der Waals surface area contributed by atoms with Gasteiger partial charge in [-0.05, 0) is 192 Å². The summed E-state index contributed by atoms with van der Waals surface area (Å²) >= 11 is 0. The van der Waals surface area contributed by atoms with Gasteiger partial charge in [0.05, 0.1) is 44.5 Å². The summed E-state index contributed by atoms with van der Waals surface area (Å²) in [5.41, 5.74) is 34.8. The van der Waals surface area contributed by atoms with E-state index in [1.54, 1.807) is 0 Å². The highest BCUT2D eigenvalue weighted by Gasteiger charge is 2.37. The van der Waals surface area contributed by atoms with Gasteiger partial charge in [0.2, 0.25) is 0 Å². The minimum absolute atomic E-state index is 0.137. The lowest BCUT2D eigenvalue weighted by Gasteiger charge is -2.22. The van der Waals surface area contributed by atoms with Crippen LogP contribution in [0.4, 0.5) is 0 Å². The van der Waals surface area contributed by atoms with Crippen LogP contribution in [0, 0.1) is 0 Å².